The second-order valence-electron chi connectivity index (χ2n) is 7.01. The average molecular weight is 397 g/mol. The van der Waals surface area contributed by atoms with Crippen molar-refractivity contribution in [2.45, 2.75) is 37.5 Å². The van der Waals surface area contributed by atoms with Gasteiger partial charge < -0.3 is 9.53 Å². The predicted octanol–water partition coefficient (Wildman–Crippen LogP) is 3.34. The van der Waals surface area contributed by atoms with Gasteiger partial charge in [0, 0.05) is 30.0 Å². The third kappa shape index (κ3) is 2.82. The number of rotatable bonds is 4. The number of carbonyl (C=O) groups is 2. The maximum Gasteiger partial charge on any atom is 0.308 e. The molecule has 0 bridgehead atoms. The predicted molar refractivity (Wildman–Crippen MR) is 104 cm³/mol. The molecule has 1 aliphatic rings. The van der Waals surface area contributed by atoms with E-state index in [1.165, 1.54) is 10.9 Å². The van der Waals surface area contributed by atoms with Gasteiger partial charge in [-0.05, 0) is 49.6 Å². The summed E-state index contributed by atoms with van der Waals surface area (Å²) >= 11 is 0. The van der Waals surface area contributed by atoms with Gasteiger partial charge in [0.25, 0.3) is 10.0 Å². The standard InChI is InChI=1S/C21H19NO5S/c1-13-3-7-17(8-4-13)28(25,26)22-11-15-5-6-16(12-23)21-19(27-14(2)24)10-9-18(22)20(15)21/h3-4,7-12,16H,5-6H2,1-2H3. The monoisotopic (exact) mass is 397 g/mol. The summed E-state index contributed by atoms with van der Waals surface area (Å²) in [6.07, 6.45) is 3.56. The fourth-order valence-electron chi connectivity index (χ4n) is 3.80. The molecule has 1 heterocycles. The molecule has 0 aliphatic heterocycles. The number of aryl methyl sites for hydroxylation is 2. The molecule has 0 fully saturated rings. The van der Waals surface area contributed by atoms with E-state index in [9.17, 15) is 18.0 Å². The Morgan fingerprint density at radius 3 is 2.54 bits per heavy atom. The minimum Gasteiger partial charge on any atom is -0.426 e. The third-order valence-electron chi connectivity index (χ3n) is 5.11. The molecule has 144 valence electrons. The molecule has 2 aromatic carbocycles. The number of nitrogens with zero attached hydrogens (tertiary/aromatic N) is 1. The summed E-state index contributed by atoms with van der Waals surface area (Å²) in [4.78, 5) is 23.3. The Labute approximate surface area is 162 Å². The third-order valence-corrected chi connectivity index (χ3v) is 6.79. The maximum absolute atomic E-state index is 13.2. The molecule has 0 saturated carbocycles. The molecule has 28 heavy (non-hydrogen) atoms. The molecule has 0 amide bonds. The first kappa shape index (κ1) is 18.4. The summed E-state index contributed by atoms with van der Waals surface area (Å²) in [5.74, 6) is -0.619. The van der Waals surface area contributed by atoms with Crippen LogP contribution < -0.4 is 4.74 Å². The first-order valence-electron chi connectivity index (χ1n) is 8.95. The molecule has 1 aliphatic carbocycles. The zero-order valence-electron chi connectivity index (χ0n) is 15.5. The van der Waals surface area contributed by atoms with Crippen LogP contribution in [0, 0.1) is 6.92 Å². The lowest BCUT2D eigenvalue weighted by atomic mass is 9.84. The highest BCUT2D eigenvalue weighted by molar-refractivity contribution is 7.90. The summed E-state index contributed by atoms with van der Waals surface area (Å²) < 4.78 is 33.0. The van der Waals surface area contributed by atoms with Gasteiger partial charge in [-0.1, -0.05) is 17.7 Å². The number of aromatic nitrogens is 1. The Hall–Kier alpha value is -2.93. The Kier molecular flexibility index (Phi) is 4.34. The van der Waals surface area contributed by atoms with E-state index in [0.29, 0.717) is 35.1 Å². The van der Waals surface area contributed by atoms with Gasteiger partial charge in [-0.3, -0.25) is 4.79 Å². The first-order chi connectivity index (χ1) is 13.3. The van der Waals surface area contributed by atoms with Crippen LogP contribution in [0.25, 0.3) is 10.9 Å². The van der Waals surface area contributed by atoms with Gasteiger partial charge in [0.2, 0.25) is 0 Å². The summed E-state index contributed by atoms with van der Waals surface area (Å²) in [5, 5.41) is 0.679. The van der Waals surface area contributed by atoms with E-state index in [4.69, 9.17) is 4.74 Å². The summed E-state index contributed by atoms with van der Waals surface area (Å²) in [5.41, 5.74) is 2.86. The van der Waals surface area contributed by atoms with E-state index in [-0.39, 0.29) is 4.90 Å². The Balaban J connectivity index is 1.99. The van der Waals surface area contributed by atoms with Gasteiger partial charge in [0.05, 0.1) is 10.4 Å². The molecule has 3 aromatic rings. The number of benzene rings is 2. The van der Waals surface area contributed by atoms with Crippen molar-refractivity contribution < 1.29 is 22.7 Å². The van der Waals surface area contributed by atoms with E-state index in [1.807, 2.05) is 6.92 Å². The normalized spacial score (nSPS) is 16.1. The van der Waals surface area contributed by atoms with Crippen LogP contribution in [-0.4, -0.2) is 24.6 Å². The van der Waals surface area contributed by atoms with Crippen molar-refractivity contribution in [2.24, 2.45) is 0 Å². The topological polar surface area (TPSA) is 82.4 Å². The Morgan fingerprint density at radius 1 is 1.18 bits per heavy atom. The fraction of sp³-hybridized carbons (Fsp3) is 0.238. The lowest BCUT2D eigenvalue weighted by Crippen LogP contribution is -2.13. The number of hydrogen-bond donors (Lipinski definition) is 0. The number of hydrogen-bond acceptors (Lipinski definition) is 5. The zero-order valence-corrected chi connectivity index (χ0v) is 16.3. The minimum absolute atomic E-state index is 0.193. The average Bonchev–Trinajstić information content (AvgIpc) is 3.04. The molecule has 1 atom stereocenters. The van der Waals surface area contributed by atoms with Crippen molar-refractivity contribution in [3.63, 3.8) is 0 Å². The molecule has 4 rings (SSSR count). The maximum atomic E-state index is 13.2. The molecular weight excluding hydrogens is 378 g/mol. The highest BCUT2D eigenvalue weighted by Crippen LogP contribution is 2.43. The van der Waals surface area contributed by atoms with Gasteiger partial charge >= 0.3 is 5.97 Å². The molecule has 1 aromatic heterocycles. The number of carbonyl (C=O) groups excluding carboxylic acids is 2. The van der Waals surface area contributed by atoms with Crippen LogP contribution in [0.2, 0.25) is 0 Å². The quantitative estimate of drug-likeness (QED) is 0.383. The van der Waals surface area contributed by atoms with Crippen LogP contribution in [0.1, 0.15) is 36.0 Å². The molecule has 1 unspecified atom stereocenters. The molecule has 7 heteroatoms. The molecule has 0 radical (unpaired) electrons. The SMILES string of the molecule is CC(=O)Oc1ccc2c3c(cn2S(=O)(=O)c2ccc(C)cc2)CCC(C=O)c13. The van der Waals surface area contributed by atoms with Crippen LogP contribution in [0.4, 0.5) is 0 Å². The van der Waals surface area contributed by atoms with Crippen LogP contribution in [0.3, 0.4) is 0 Å². The lowest BCUT2D eigenvalue weighted by molar-refractivity contribution is -0.132. The Bertz CT molecular complexity index is 1210. The minimum atomic E-state index is -3.80. The first-order valence-corrected chi connectivity index (χ1v) is 10.4. The van der Waals surface area contributed by atoms with Crippen molar-refractivity contribution in [3.8, 4) is 5.75 Å². The van der Waals surface area contributed by atoms with E-state index in [2.05, 4.69) is 0 Å². The van der Waals surface area contributed by atoms with Gasteiger partial charge in [-0.25, -0.2) is 12.4 Å². The summed E-state index contributed by atoms with van der Waals surface area (Å²) in [7, 11) is -3.80. The Morgan fingerprint density at radius 2 is 1.89 bits per heavy atom. The molecule has 0 N–H and O–H groups in total. The van der Waals surface area contributed by atoms with E-state index in [0.717, 1.165) is 17.4 Å². The van der Waals surface area contributed by atoms with Gasteiger partial charge in [-0.2, -0.15) is 0 Å². The van der Waals surface area contributed by atoms with Crippen LogP contribution in [0.5, 0.6) is 5.75 Å². The van der Waals surface area contributed by atoms with Crippen molar-refractivity contribution >= 4 is 33.2 Å². The molecule has 0 saturated heterocycles. The number of ether oxygens (including phenoxy) is 1. The highest BCUT2D eigenvalue weighted by Gasteiger charge is 2.30. The van der Waals surface area contributed by atoms with Gasteiger partial charge in [-0.15, -0.1) is 0 Å². The number of aldehydes is 1. The second kappa shape index (κ2) is 6.60. The second-order valence-corrected chi connectivity index (χ2v) is 8.83. The zero-order chi connectivity index (χ0) is 20.1. The summed E-state index contributed by atoms with van der Waals surface area (Å²) in [6.45, 7) is 3.19. The van der Waals surface area contributed by atoms with Crippen molar-refractivity contribution in [3.05, 3.63) is 59.3 Å². The molecular formula is C21H19NO5S. The van der Waals surface area contributed by atoms with Gasteiger partial charge in [0.15, 0.2) is 0 Å². The smallest absolute Gasteiger partial charge is 0.308 e. The van der Waals surface area contributed by atoms with Crippen LogP contribution in [0.15, 0.2) is 47.5 Å². The van der Waals surface area contributed by atoms with Crippen LogP contribution in [-0.2, 0) is 26.0 Å². The largest absolute Gasteiger partial charge is 0.426 e. The van der Waals surface area contributed by atoms with Crippen molar-refractivity contribution in [2.75, 3.05) is 0 Å². The number of esters is 1. The van der Waals surface area contributed by atoms with Crippen molar-refractivity contribution in [1.29, 1.82) is 0 Å². The van der Waals surface area contributed by atoms with Crippen LogP contribution >= 0.6 is 0 Å². The highest BCUT2D eigenvalue weighted by atomic mass is 32.2. The summed E-state index contributed by atoms with van der Waals surface area (Å²) in [6, 6.07) is 9.86. The van der Waals surface area contributed by atoms with E-state index in [1.54, 1.807) is 42.6 Å². The van der Waals surface area contributed by atoms with Gasteiger partial charge in [0.1, 0.15) is 12.0 Å². The van der Waals surface area contributed by atoms with Crippen molar-refractivity contribution in [1.82, 2.24) is 3.97 Å². The molecule has 6 nitrogen and oxygen atoms in total. The van der Waals surface area contributed by atoms with E-state index < -0.39 is 21.9 Å². The molecule has 0 spiro atoms. The fourth-order valence-corrected chi connectivity index (χ4v) is 5.19. The lowest BCUT2D eigenvalue weighted by Gasteiger charge is -2.21. The van der Waals surface area contributed by atoms with E-state index >= 15 is 0 Å².